The molecule has 0 radical (unpaired) electrons. The van der Waals surface area contributed by atoms with Crippen LogP contribution in [0, 0.1) is 0 Å². The molecule has 0 aromatic heterocycles. The van der Waals surface area contributed by atoms with Crippen LogP contribution in [0.4, 0.5) is 0 Å². The fourth-order valence-corrected chi connectivity index (χ4v) is 2.03. The lowest BCUT2D eigenvalue weighted by Crippen LogP contribution is -2.21. The number of hydrogen-bond donors (Lipinski definition) is 1. The van der Waals surface area contributed by atoms with Crippen LogP contribution in [0.25, 0.3) is 0 Å². The van der Waals surface area contributed by atoms with Crippen LogP contribution in [0.5, 0.6) is 0 Å². The van der Waals surface area contributed by atoms with E-state index in [1.807, 2.05) is 18.2 Å². The summed E-state index contributed by atoms with van der Waals surface area (Å²) in [5.41, 5.74) is 7.66. The predicted molar refractivity (Wildman–Crippen MR) is 54.6 cm³/mol. The van der Waals surface area contributed by atoms with Gasteiger partial charge in [0.15, 0.2) is 5.78 Å². The number of Topliss-reactive ketones (excluding diaryl/α,β-unsaturated/α-hetero) is 1. The van der Waals surface area contributed by atoms with Gasteiger partial charge in [-0.25, -0.2) is 0 Å². The molecule has 3 heteroatoms. The maximum absolute atomic E-state index is 11.5. The summed E-state index contributed by atoms with van der Waals surface area (Å²) in [6.07, 6.45) is 1.35. The molecule has 1 atom stereocenters. The van der Waals surface area contributed by atoms with Crippen LogP contribution >= 0.6 is 15.9 Å². The van der Waals surface area contributed by atoms with E-state index in [-0.39, 0.29) is 11.8 Å². The Bertz CT molecular complexity index is 362. The summed E-state index contributed by atoms with van der Waals surface area (Å²) in [6, 6.07) is 5.75. The molecule has 0 spiro atoms. The average Bonchev–Trinajstić information content (AvgIpc) is 2.12. The quantitative estimate of drug-likeness (QED) is 0.756. The third-order valence-corrected chi connectivity index (χ3v) is 2.89. The van der Waals surface area contributed by atoms with E-state index in [1.54, 1.807) is 0 Å². The smallest absolute Gasteiger partial charge is 0.163 e. The Kier molecular flexibility index (Phi) is 2.22. The second-order valence-corrected chi connectivity index (χ2v) is 4.22. The number of rotatable bonds is 0. The number of carbonyl (C=O) groups excluding carboxylic acids is 1. The molecule has 1 aromatic rings. The van der Waals surface area contributed by atoms with Crippen LogP contribution in [0.3, 0.4) is 0 Å². The van der Waals surface area contributed by atoms with Crippen molar-refractivity contribution in [1.29, 1.82) is 0 Å². The van der Waals surface area contributed by atoms with Crippen molar-refractivity contribution in [3.63, 3.8) is 0 Å². The molecular formula is C10H10BrNO. The van der Waals surface area contributed by atoms with Gasteiger partial charge in [-0.3, -0.25) is 4.79 Å². The van der Waals surface area contributed by atoms with Crippen LogP contribution in [0.2, 0.25) is 0 Å². The van der Waals surface area contributed by atoms with E-state index >= 15 is 0 Å². The second kappa shape index (κ2) is 3.24. The molecule has 0 heterocycles. The first-order valence-electron chi connectivity index (χ1n) is 4.26. The zero-order valence-electron chi connectivity index (χ0n) is 7.09. The van der Waals surface area contributed by atoms with Crippen LogP contribution in [-0.2, 0) is 0 Å². The SMILES string of the molecule is NC1CCC(=O)c2cc(Br)ccc21. The number of ketones is 1. The number of halogens is 1. The third-order valence-electron chi connectivity index (χ3n) is 2.40. The summed E-state index contributed by atoms with van der Waals surface area (Å²) < 4.78 is 0.939. The molecule has 0 aliphatic heterocycles. The summed E-state index contributed by atoms with van der Waals surface area (Å²) in [5.74, 6) is 0.206. The van der Waals surface area contributed by atoms with Gasteiger partial charge in [0.05, 0.1) is 0 Å². The van der Waals surface area contributed by atoms with Crippen molar-refractivity contribution in [2.24, 2.45) is 5.73 Å². The third kappa shape index (κ3) is 1.54. The normalized spacial score (nSPS) is 21.4. The van der Waals surface area contributed by atoms with E-state index in [2.05, 4.69) is 15.9 Å². The van der Waals surface area contributed by atoms with Crippen molar-refractivity contribution in [1.82, 2.24) is 0 Å². The fraction of sp³-hybridized carbons (Fsp3) is 0.300. The summed E-state index contributed by atoms with van der Waals surface area (Å²) in [5, 5.41) is 0. The Hall–Kier alpha value is -0.670. The average molecular weight is 240 g/mol. The first kappa shape index (κ1) is 8.91. The molecule has 2 N–H and O–H groups in total. The van der Waals surface area contributed by atoms with E-state index in [1.165, 1.54) is 0 Å². The molecule has 13 heavy (non-hydrogen) atoms. The van der Waals surface area contributed by atoms with E-state index in [0.717, 1.165) is 22.0 Å². The monoisotopic (exact) mass is 239 g/mol. The van der Waals surface area contributed by atoms with Crippen LogP contribution in [-0.4, -0.2) is 5.78 Å². The number of hydrogen-bond acceptors (Lipinski definition) is 2. The van der Waals surface area contributed by atoms with Gasteiger partial charge < -0.3 is 5.73 Å². The fourth-order valence-electron chi connectivity index (χ4n) is 1.67. The zero-order chi connectivity index (χ0) is 9.42. The summed E-state index contributed by atoms with van der Waals surface area (Å²) >= 11 is 3.34. The topological polar surface area (TPSA) is 43.1 Å². The molecule has 2 nitrogen and oxygen atoms in total. The van der Waals surface area contributed by atoms with Crippen molar-refractivity contribution in [3.8, 4) is 0 Å². The number of benzene rings is 1. The Morgan fingerprint density at radius 1 is 1.46 bits per heavy atom. The van der Waals surface area contributed by atoms with Gasteiger partial charge in [0.1, 0.15) is 0 Å². The summed E-state index contributed by atoms with van der Waals surface area (Å²) in [6.45, 7) is 0. The number of nitrogens with two attached hydrogens (primary N) is 1. The molecule has 2 rings (SSSR count). The highest BCUT2D eigenvalue weighted by Gasteiger charge is 2.22. The molecule has 0 saturated heterocycles. The molecule has 0 amide bonds. The Morgan fingerprint density at radius 3 is 3.00 bits per heavy atom. The highest BCUT2D eigenvalue weighted by molar-refractivity contribution is 9.10. The molecule has 1 aromatic carbocycles. The van der Waals surface area contributed by atoms with Crippen molar-refractivity contribution < 1.29 is 4.79 Å². The molecule has 68 valence electrons. The Balaban J connectivity index is 2.57. The van der Waals surface area contributed by atoms with Crippen molar-refractivity contribution >= 4 is 21.7 Å². The second-order valence-electron chi connectivity index (χ2n) is 3.30. The van der Waals surface area contributed by atoms with Gasteiger partial charge in [0, 0.05) is 22.5 Å². The van der Waals surface area contributed by atoms with Crippen molar-refractivity contribution in [3.05, 3.63) is 33.8 Å². The van der Waals surface area contributed by atoms with E-state index in [0.29, 0.717) is 6.42 Å². The summed E-state index contributed by atoms with van der Waals surface area (Å²) in [4.78, 5) is 11.5. The Labute approximate surface area is 85.3 Å². The van der Waals surface area contributed by atoms with Crippen LogP contribution in [0.15, 0.2) is 22.7 Å². The highest BCUT2D eigenvalue weighted by atomic mass is 79.9. The van der Waals surface area contributed by atoms with E-state index in [4.69, 9.17) is 5.73 Å². The number of fused-ring (bicyclic) bond motifs is 1. The molecule has 1 unspecified atom stereocenters. The maximum atomic E-state index is 11.5. The molecular weight excluding hydrogens is 230 g/mol. The van der Waals surface area contributed by atoms with Gasteiger partial charge in [-0.15, -0.1) is 0 Å². The lowest BCUT2D eigenvalue weighted by molar-refractivity contribution is 0.0967. The lowest BCUT2D eigenvalue weighted by atomic mass is 9.87. The maximum Gasteiger partial charge on any atom is 0.163 e. The molecule has 0 bridgehead atoms. The molecule has 0 fully saturated rings. The van der Waals surface area contributed by atoms with Crippen LogP contribution in [0.1, 0.15) is 34.8 Å². The first-order valence-corrected chi connectivity index (χ1v) is 5.06. The summed E-state index contributed by atoms with van der Waals surface area (Å²) in [7, 11) is 0. The highest BCUT2D eigenvalue weighted by Crippen LogP contribution is 2.29. The van der Waals surface area contributed by atoms with E-state index in [9.17, 15) is 4.79 Å². The van der Waals surface area contributed by atoms with Crippen molar-refractivity contribution in [2.75, 3.05) is 0 Å². The standard InChI is InChI=1S/C10H10BrNO/c11-6-1-2-7-8(5-6)10(13)4-3-9(7)12/h1-2,5,9H,3-4,12H2. The molecule has 1 aliphatic carbocycles. The molecule has 1 aliphatic rings. The van der Waals surface area contributed by atoms with Crippen LogP contribution < -0.4 is 5.73 Å². The first-order chi connectivity index (χ1) is 6.18. The minimum absolute atomic E-state index is 0.0285. The van der Waals surface area contributed by atoms with Crippen molar-refractivity contribution in [2.45, 2.75) is 18.9 Å². The minimum Gasteiger partial charge on any atom is -0.324 e. The van der Waals surface area contributed by atoms with Gasteiger partial charge in [0.2, 0.25) is 0 Å². The van der Waals surface area contributed by atoms with Gasteiger partial charge in [0.25, 0.3) is 0 Å². The lowest BCUT2D eigenvalue weighted by Gasteiger charge is -2.20. The minimum atomic E-state index is 0.0285. The Morgan fingerprint density at radius 2 is 2.23 bits per heavy atom. The van der Waals surface area contributed by atoms with Gasteiger partial charge >= 0.3 is 0 Å². The largest absolute Gasteiger partial charge is 0.324 e. The predicted octanol–water partition coefficient (Wildman–Crippen LogP) is 2.43. The van der Waals surface area contributed by atoms with Gasteiger partial charge in [-0.1, -0.05) is 22.0 Å². The number of carbonyl (C=O) groups is 1. The van der Waals surface area contributed by atoms with Gasteiger partial charge in [-0.2, -0.15) is 0 Å². The zero-order valence-corrected chi connectivity index (χ0v) is 8.67. The van der Waals surface area contributed by atoms with Gasteiger partial charge in [-0.05, 0) is 24.1 Å². The van der Waals surface area contributed by atoms with E-state index < -0.39 is 0 Å². The molecule has 0 saturated carbocycles.